The highest BCUT2D eigenvalue weighted by atomic mass is 32.1. The van der Waals surface area contributed by atoms with Gasteiger partial charge in [-0.25, -0.2) is 4.98 Å². The first-order chi connectivity index (χ1) is 9.24. The van der Waals surface area contributed by atoms with E-state index in [1.807, 2.05) is 18.3 Å². The number of aromatic nitrogens is 1. The van der Waals surface area contributed by atoms with Crippen molar-refractivity contribution in [1.29, 1.82) is 0 Å². The Morgan fingerprint density at radius 1 is 1.42 bits per heavy atom. The second-order valence-corrected chi connectivity index (χ2v) is 5.49. The van der Waals surface area contributed by atoms with Crippen LogP contribution < -0.4 is 10.2 Å². The zero-order valence-electron chi connectivity index (χ0n) is 11.7. The van der Waals surface area contributed by atoms with Gasteiger partial charge in [-0.15, -0.1) is 11.3 Å². The molecule has 0 aliphatic carbocycles. The summed E-state index contributed by atoms with van der Waals surface area (Å²) in [6.07, 6.45) is 3.67. The molecule has 104 valence electrons. The van der Waals surface area contributed by atoms with Crippen molar-refractivity contribution in [2.24, 2.45) is 0 Å². The third-order valence-corrected chi connectivity index (χ3v) is 4.19. The second kappa shape index (κ2) is 6.73. The van der Waals surface area contributed by atoms with E-state index in [1.54, 1.807) is 17.6 Å². The van der Waals surface area contributed by atoms with Crippen molar-refractivity contribution in [3.05, 3.63) is 35.2 Å². The lowest BCUT2D eigenvalue weighted by Crippen LogP contribution is -2.21. The van der Waals surface area contributed by atoms with E-state index >= 15 is 0 Å². The molecular formula is C14H21N3OS. The minimum absolute atomic E-state index is 0.217. The SMILES string of the molecule is CCN(CC)c1ncc(CN[C@H](C)c2ccco2)s1. The van der Waals surface area contributed by atoms with Gasteiger partial charge in [-0.05, 0) is 32.9 Å². The minimum Gasteiger partial charge on any atom is -0.468 e. The quantitative estimate of drug-likeness (QED) is 0.843. The van der Waals surface area contributed by atoms with Gasteiger partial charge >= 0.3 is 0 Å². The van der Waals surface area contributed by atoms with Crippen LogP contribution in [0.15, 0.2) is 29.0 Å². The molecule has 0 amide bonds. The number of rotatable bonds is 7. The van der Waals surface area contributed by atoms with Crippen molar-refractivity contribution in [3.63, 3.8) is 0 Å². The number of hydrogen-bond acceptors (Lipinski definition) is 5. The third kappa shape index (κ3) is 3.58. The van der Waals surface area contributed by atoms with Gasteiger partial charge in [0.1, 0.15) is 5.76 Å². The van der Waals surface area contributed by atoms with Crippen LogP contribution in [0.3, 0.4) is 0 Å². The third-order valence-electron chi connectivity index (χ3n) is 3.13. The van der Waals surface area contributed by atoms with Crippen LogP contribution in [0.25, 0.3) is 0 Å². The fourth-order valence-corrected chi connectivity index (χ4v) is 2.90. The molecule has 0 unspecified atom stereocenters. The number of anilines is 1. The van der Waals surface area contributed by atoms with Crippen LogP contribution in [0.5, 0.6) is 0 Å². The average Bonchev–Trinajstić information content (AvgIpc) is 3.09. The van der Waals surface area contributed by atoms with Gasteiger partial charge in [0.05, 0.1) is 12.3 Å². The van der Waals surface area contributed by atoms with Crippen molar-refractivity contribution in [2.75, 3.05) is 18.0 Å². The van der Waals surface area contributed by atoms with E-state index in [-0.39, 0.29) is 6.04 Å². The smallest absolute Gasteiger partial charge is 0.185 e. The molecular weight excluding hydrogens is 258 g/mol. The van der Waals surface area contributed by atoms with Crippen LogP contribution in [0.4, 0.5) is 5.13 Å². The Bertz CT molecular complexity index is 477. The van der Waals surface area contributed by atoms with Crippen molar-refractivity contribution < 1.29 is 4.42 Å². The van der Waals surface area contributed by atoms with Gasteiger partial charge in [0.2, 0.25) is 0 Å². The maximum Gasteiger partial charge on any atom is 0.185 e. The van der Waals surface area contributed by atoms with Crippen molar-refractivity contribution in [2.45, 2.75) is 33.4 Å². The van der Waals surface area contributed by atoms with Gasteiger partial charge in [-0.1, -0.05) is 0 Å². The maximum atomic E-state index is 5.38. The lowest BCUT2D eigenvalue weighted by Gasteiger charge is -2.16. The second-order valence-electron chi connectivity index (χ2n) is 4.40. The Morgan fingerprint density at radius 3 is 2.84 bits per heavy atom. The van der Waals surface area contributed by atoms with Crippen molar-refractivity contribution >= 4 is 16.5 Å². The summed E-state index contributed by atoms with van der Waals surface area (Å²) in [5.41, 5.74) is 0. The van der Waals surface area contributed by atoms with Crippen LogP contribution in [0.1, 0.15) is 37.5 Å². The van der Waals surface area contributed by atoms with E-state index in [1.165, 1.54) is 4.88 Å². The van der Waals surface area contributed by atoms with Gasteiger partial charge in [-0.3, -0.25) is 0 Å². The number of furan rings is 1. The lowest BCUT2D eigenvalue weighted by molar-refractivity contribution is 0.431. The van der Waals surface area contributed by atoms with E-state index < -0.39 is 0 Å². The number of thiazole rings is 1. The van der Waals surface area contributed by atoms with E-state index in [9.17, 15) is 0 Å². The summed E-state index contributed by atoms with van der Waals surface area (Å²) in [6, 6.07) is 4.12. The number of nitrogens with one attached hydrogen (secondary N) is 1. The molecule has 1 atom stereocenters. The molecule has 0 aliphatic heterocycles. The first kappa shape index (κ1) is 14.1. The highest BCUT2D eigenvalue weighted by Crippen LogP contribution is 2.23. The fourth-order valence-electron chi connectivity index (χ4n) is 1.91. The molecule has 2 aromatic heterocycles. The van der Waals surface area contributed by atoms with Gasteiger partial charge < -0.3 is 14.6 Å². The normalized spacial score (nSPS) is 12.6. The van der Waals surface area contributed by atoms with E-state index in [4.69, 9.17) is 4.42 Å². The average molecular weight is 279 g/mol. The molecule has 0 saturated heterocycles. The molecule has 0 saturated carbocycles. The molecule has 1 N–H and O–H groups in total. The molecule has 19 heavy (non-hydrogen) atoms. The number of hydrogen-bond donors (Lipinski definition) is 1. The Balaban J connectivity index is 1.90. The summed E-state index contributed by atoms with van der Waals surface area (Å²) in [5, 5.41) is 4.55. The summed E-state index contributed by atoms with van der Waals surface area (Å²) in [6.45, 7) is 9.23. The number of nitrogens with zero attached hydrogens (tertiary/aromatic N) is 2. The Labute approximate surface area is 118 Å². The van der Waals surface area contributed by atoms with Gasteiger partial charge in [-0.2, -0.15) is 0 Å². The molecule has 4 nitrogen and oxygen atoms in total. The van der Waals surface area contributed by atoms with Gasteiger partial charge in [0, 0.05) is 30.7 Å². The van der Waals surface area contributed by atoms with Crippen LogP contribution >= 0.6 is 11.3 Å². The molecule has 0 aromatic carbocycles. The fraction of sp³-hybridized carbons (Fsp3) is 0.500. The Kier molecular flexibility index (Phi) is 4.99. The lowest BCUT2D eigenvalue weighted by atomic mass is 10.2. The minimum atomic E-state index is 0.217. The predicted molar refractivity (Wildman–Crippen MR) is 79.6 cm³/mol. The molecule has 0 spiro atoms. The standard InChI is InChI=1S/C14H21N3OS/c1-4-17(5-2)14-16-10-12(19-14)9-15-11(3)13-7-6-8-18-13/h6-8,10-11,15H,4-5,9H2,1-3H3/t11-/m1/s1. The molecule has 0 bridgehead atoms. The zero-order valence-corrected chi connectivity index (χ0v) is 12.5. The van der Waals surface area contributed by atoms with Crippen LogP contribution in [0, 0.1) is 0 Å². The summed E-state index contributed by atoms with van der Waals surface area (Å²) in [5.74, 6) is 0.966. The van der Waals surface area contributed by atoms with Crippen molar-refractivity contribution in [3.8, 4) is 0 Å². The maximum absolute atomic E-state index is 5.38. The topological polar surface area (TPSA) is 41.3 Å². The molecule has 0 fully saturated rings. The molecule has 2 aromatic rings. The van der Waals surface area contributed by atoms with Crippen LogP contribution in [-0.4, -0.2) is 18.1 Å². The Hall–Kier alpha value is -1.33. The molecule has 0 aliphatic rings. The molecule has 2 heterocycles. The molecule has 0 radical (unpaired) electrons. The zero-order chi connectivity index (χ0) is 13.7. The molecule has 2 rings (SSSR count). The summed E-state index contributed by atoms with van der Waals surface area (Å²) < 4.78 is 5.38. The first-order valence-corrected chi connectivity index (χ1v) is 7.52. The monoisotopic (exact) mass is 279 g/mol. The summed E-state index contributed by atoms with van der Waals surface area (Å²) in [7, 11) is 0. The van der Waals surface area contributed by atoms with E-state index in [0.29, 0.717) is 0 Å². The van der Waals surface area contributed by atoms with Crippen LogP contribution in [-0.2, 0) is 6.54 Å². The summed E-state index contributed by atoms with van der Waals surface area (Å²) >= 11 is 1.75. The van der Waals surface area contributed by atoms with Crippen LogP contribution in [0.2, 0.25) is 0 Å². The molecule has 5 heteroatoms. The van der Waals surface area contributed by atoms with Gasteiger partial charge in [0.15, 0.2) is 5.13 Å². The van der Waals surface area contributed by atoms with Gasteiger partial charge in [0.25, 0.3) is 0 Å². The van der Waals surface area contributed by atoms with E-state index in [0.717, 1.165) is 30.5 Å². The predicted octanol–water partition coefficient (Wildman–Crippen LogP) is 3.43. The highest BCUT2D eigenvalue weighted by Gasteiger charge is 2.10. The highest BCUT2D eigenvalue weighted by molar-refractivity contribution is 7.15. The first-order valence-electron chi connectivity index (χ1n) is 6.71. The van der Waals surface area contributed by atoms with Crippen molar-refractivity contribution in [1.82, 2.24) is 10.3 Å². The Morgan fingerprint density at radius 2 is 2.21 bits per heavy atom. The largest absolute Gasteiger partial charge is 0.468 e. The van der Waals surface area contributed by atoms with E-state index in [2.05, 4.69) is 36.0 Å². The summed E-state index contributed by atoms with van der Waals surface area (Å²) in [4.78, 5) is 8.00.